The van der Waals surface area contributed by atoms with E-state index in [0.29, 0.717) is 0 Å². The molecule has 3 aromatic rings. The molecule has 3 aromatic carbocycles. The minimum Gasteiger partial charge on any atom is -0.348 e. The quantitative estimate of drug-likeness (QED) is 0.0913. The fraction of sp³-hybridized carbons (Fsp3) is 0.519. The molecule has 5 rings (SSSR count). The predicted molar refractivity (Wildman–Crippen MR) is 289 cm³/mol. The minimum atomic E-state index is -1.01. The number of nitrogens with one attached hydrogen (secondary N) is 8. The third-order valence-corrected chi connectivity index (χ3v) is 13.6. The van der Waals surface area contributed by atoms with E-state index in [2.05, 4.69) is 42.5 Å². The topological polar surface area (TPSA) is 239 Å². The average Bonchev–Trinajstić information content (AvgIpc) is 3.98. The van der Waals surface area contributed by atoms with E-state index < -0.39 is 107 Å². The molecular weight excluding hydrogens is 988 g/mol. The lowest BCUT2D eigenvalue weighted by molar-refractivity contribution is -0.144. The Kier molecular flexibility index (Phi) is 22.6. The highest BCUT2D eigenvalue weighted by molar-refractivity contribution is 6.01. The van der Waals surface area contributed by atoms with Gasteiger partial charge in [0, 0.05) is 36.3 Å². The number of likely N-dealkylation sites (N-methyl/N-ethyl adjacent to an activating group) is 2. The standard InChI is InChI=1S/C54H76N10O8.2ClH/c1-31(35-20-15-13-16-21-35)57-49(69)41-27-39(29-63(41)51(71)43(53(5,6)7)61-45(65)33(3)55-11)59-47(67)37-24-19-25-38(26-37)48(68)60-40-28-42(50(70)58-32(2)36-22-17-14-18-23-36)64(30-40)52(72)44(54(8,9)10)62-46(66)34(4)56-12;;/h13-26,31-34,39-44,55-56H,27-30H2,1-12H3,(H,57,69)(H,58,70)(H,59,67)(H,60,68)(H,61,65)(H,62,66);2*1H/t31-,32-,33+,34+,39+,40+,41+,42+,43-,44-;;/m1../s1. The van der Waals surface area contributed by atoms with E-state index in [1.807, 2.05) is 116 Å². The lowest BCUT2D eigenvalue weighted by Gasteiger charge is -2.36. The summed E-state index contributed by atoms with van der Waals surface area (Å²) >= 11 is 0. The van der Waals surface area contributed by atoms with Gasteiger partial charge in [-0.3, -0.25) is 38.4 Å². The SMILES string of the molecule is CN[C@@H](C)C(=O)N[C@H](C(=O)N1C[C@@H](NC(=O)c2cccc(C(=O)N[C@H]3C[C@@H](C(=O)N[C@H](C)c4ccccc4)N(C(=O)[C@@H](NC(=O)[C@H](C)NC)C(C)(C)C)C3)c2)C[C@H]1C(=O)N[C@H](C)c1ccccc1)C(C)(C)C.Cl.Cl. The van der Waals surface area contributed by atoms with Crippen LogP contribution in [0.1, 0.15) is 126 Å². The van der Waals surface area contributed by atoms with Gasteiger partial charge in [-0.25, -0.2) is 0 Å². The Labute approximate surface area is 448 Å². The molecule has 406 valence electrons. The zero-order chi connectivity index (χ0) is 53.2. The first-order chi connectivity index (χ1) is 33.8. The summed E-state index contributed by atoms with van der Waals surface area (Å²) in [5.41, 5.74) is 0.508. The van der Waals surface area contributed by atoms with Crippen molar-refractivity contribution in [3.8, 4) is 0 Å². The van der Waals surface area contributed by atoms with Crippen LogP contribution < -0.4 is 42.5 Å². The number of hydrogen-bond acceptors (Lipinski definition) is 10. The molecule has 0 radical (unpaired) electrons. The van der Waals surface area contributed by atoms with Gasteiger partial charge in [0.1, 0.15) is 24.2 Å². The van der Waals surface area contributed by atoms with Gasteiger partial charge in [-0.2, -0.15) is 0 Å². The molecule has 0 bridgehead atoms. The summed E-state index contributed by atoms with van der Waals surface area (Å²) in [6, 6.07) is 17.5. The molecule has 0 aliphatic carbocycles. The summed E-state index contributed by atoms with van der Waals surface area (Å²) in [7, 11) is 3.28. The lowest BCUT2D eigenvalue weighted by atomic mass is 9.85. The number of likely N-dealkylation sites (tertiary alicyclic amines) is 2. The van der Waals surface area contributed by atoms with Gasteiger partial charge in [0.2, 0.25) is 35.4 Å². The average molecular weight is 1070 g/mol. The minimum absolute atomic E-state index is 0. The maximum absolute atomic E-state index is 14.5. The Bertz CT molecular complexity index is 2270. The molecule has 2 heterocycles. The van der Waals surface area contributed by atoms with Crippen molar-refractivity contribution in [1.29, 1.82) is 0 Å². The second kappa shape index (κ2) is 26.9. The highest BCUT2D eigenvalue weighted by Gasteiger charge is 2.47. The maximum atomic E-state index is 14.5. The normalized spacial score (nSPS) is 19.9. The summed E-state index contributed by atoms with van der Waals surface area (Å²) < 4.78 is 0. The Hall–Kier alpha value is -6.08. The van der Waals surface area contributed by atoms with Gasteiger partial charge in [-0.05, 0) is 94.8 Å². The number of carbonyl (C=O) groups is 8. The second-order valence-electron chi connectivity index (χ2n) is 21.3. The van der Waals surface area contributed by atoms with E-state index in [1.54, 1.807) is 46.1 Å². The number of benzene rings is 3. The van der Waals surface area contributed by atoms with E-state index in [4.69, 9.17) is 0 Å². The van der Waals surface area contributed by atoms with E-state index in [1.165, 1.54) is 15.9 Å². The summed E-state index contributed by atoms with van der Waals surface area (Å²) in [5, 5.41) is 23.6. The molecule has 2 aliphatic rings. The van der Waals surface area contributed by atoms with Crippen molar-refractivity contribution in [2.45, 2.75) is 142 Å². The number of carbonyl (C=O) groups excluding carboxylic acids is 8. The molecule has 2 fully saturated rings. The van der Waals surface area contributed by atoms with Gasteiger partial charge in [0.25, 0.3) is 11.8 Å². The Morgan fingerprint density at radius 2 is 0.838 bits per heavy atom. The Morgan fingerprint density at radius 1 is 0.500 bits per heavy atom. The van der Waals surface area contributed by atoms with Gasteiger partial charge in [0.05, 0.1) is 24.2 Å². The number of hydrogen-bond donors (Lipinski definition) is 8. The van der Waals surface area contributed by atoms with Crippen molar-refractivity contribution in [1.82, 2.24) is 52.3 Å². The fourth-order valence-electron chi connectivity index (χ4n) is 8.90. The van der Waals surface area contributed by atoms with Crippen LogP contribution in [0.15, 0.2) is 84.9 Å². The molecule has 20 heteroatoms. The fourth-order valence-corrected chi connectivity index (χ4v) is 8.90. The van der Waals surface area contributed by atoms with Crippen molar-refractivity contribution >= 4 is 72.1 Å². The molecule has 8 N–H and O–H groups in total. The molecule has 10 atom stereocenters. The largest absolute Gasteiger partial charge is 0.348 e. The first kappa shape index (κ1) is 62.2. The predicted octanol–water partition coefficient (Wildman–Crippen LogP) is 3.96. The molecule has 0 saturated carbocycles. The van der Waals surface area contributed by atoms with Crippen LogP contribution in [0.4, 0.5) is 0 Å². The number of rotatable bonds is 18. The summed E-state index contributed by atoms with van der Waals surface area (Å²) in [6.07, 6.45) is 0.152. The van der Waals surface area contributed by atoms with E-state index in [9.17, 15) is 38.4 Å². The molecule has 8 amide bonds. The van der Waals surface area contributed by atoms with Crippen LogP contribution in [0, 0.1) is 10.8 Å². The summed E-state index contributed by atoms with van der Waals surface area (Å²) in [5.74, 6) is -3.64. The van der Waals surface area contributed by atoms with Crippen molar-refractivity contribution < 1.29 is 38.4 Å². The van der Waals surface area contributed by atoms with Crippen LogP contribution in [0.5, 0.6) is 0 Å². The molecule has 18 nitrogen and oxygen atoms in total. The molecule has 74 heavy (non-hydrogen) atoms. The van der Waals surface area contributed by atoms with E-state index in [0.717, 1.165) is 11.1 Å². The van der Waals surface area contributed by atoms with Crippen molar-refractivity contribution in [2.24, 2.45) is 10.8 Å². The number of nitrogens with zero attached hydrogens (tertiary/aromatic N) is 2. The van der Waals surface area contributed by atoms with Crippen molar-refractivity contribution in [3.63, 3.8) is 0 Å². The molecular formula is C54H78Cl2N10O8. The van der Waals surface area contributed by atoms with Crippen molar-refractivity contribution in [2.75, 3.05) is 27.2 Å². The zero-order valence-electron chi connectivity index (χ0n) is 44.7. The Balaban J connectivity index is 0.00000722. The van der Waals surface area contributed by atoms with Gasteiger partial charge < -0.3 is 52.3 Å². The van der Waals surface area contributed by atoms with Crippen LogP contribution >= 0.6 is 24.8 Å². The zero-order valence-corrected chi connectivity index (χ0v) is 46.3. The lowest BCUT2D eigenvalue weighted by Crippen LogP contribution is -2.59. The first-order valence-corrected chi connectivity index (χ1v) is 24.8. The van der Waals surface area contributed by atoms with Crippen LogP contribution in [-0.2, 0) is 28.8 Å². The third-order valence-electron chi connectivity index (χ3n) is 13.6. The number of halogens is 2. The Morgan fingerprint density at radius 3 is 1.15 bits per heavy atom. The van der Waals surface area contributed by atoms with E-state index in [-0.39, 0.29) is 73.7 Å². The summed E-state index contributed by atoms with van der Waals surface area (Å²) in [4.78, 5) is 115. The number of amides is 8. The van der Waals surface area contributed by atoms with Crippen LogP contribution in [0.3, 0.4) is 0 Å². The molecule has 0 aromatic heterocycles. The van der Waals surface area contributed by atoms with Gasteiger partial charge in [-0.1, -0.05) is 108 Å². The molecule has 0 unspecified atom stereocenters. The highest BCUT2D eigenvalue weighted by atomic mass is 35.5. The first-order valence-electron chi connectivity index (χ1n) is 24.8. The second-order valence-corrected chi connectivity index (χ2v) is 21.3. The summed E-state index contributed by atoms with van der Waals surface area (Å²) in [6.45, 7) is 17.9. The van der Waals surface area contributed by atoms with Crippen LogP contribution in [-0.4, -0.2) is 133 Å². The molecule has 2 saturated heterocycles. The van der Waals surface area contributed by atoms with Crippen LogP contribution in [0.25, 0.3) is 0 Å². The molecule has 2 aliphatic heterocycles. The van der Waals surface area contributed by atoms with E-state index >= 15 is 0 Å². The van der Waals surface area contributed by atoms with Gasteiger partial charge in [0.15, 0.2) is 0 Å². The van der Waals surface area contributed by atoms with Crippen molar-refractivity contribution in [3.05, 3.63) is 107 Å². The monoisotopic (exact) mass is 1060 g/mol. The van der Waals surface area contributed by atoms with Gasteiger partial charge in [-0.15, -0.1) is 24.8 Å². The third kappa shape index (κ3) is 16.0. The highest BCUT2D eigenvalue weighted by Crippen LogP contribution is 2.29. The smallest absolute Gasteiger partial charge is 0.251 e. The maximum Gasteiger partial charge on any atom is 0.251 e. The van der Waals surface area contributed by atoms with Gasteiger partial charge >= 0.3 is 0 Å². The molecule has 0 spiro atoms. The van der Waals surface area contributed by atoms with Crippen LogP contribution in [0.2, 0.25) is 0 Å².